The summed E-state index contributed by atoms with van der Waals surface area (Å²) in [6.07, 6.45) is 2.99. The number of nitrogens with zero attached hydrogens (tertiary/aromatic N) is 2. The van der Waals surface area contributed by atoms with Gasteiger partial charge in [0.15, 0.2) is 0 Å². The molecule has 4 rings (SSSR count). The molecule has 4 nitrogen and oxygen atoms in total. The summed E-state index contributed by atoms with van der Waals surface area (Å²) in [7, 11) is 0. The second-order valence-electron chi connectivity index (χ2n) is 5.84. The van der Waals surface area contributed by atoms with Crippen molar-refractivity contribution in [3.63, 3.8) is 0 Å². The molecule has 0 radical (unpaired) electrons. The number of anilines is 1. The van der Waals surface area contributed by atoms with Gasteiger partial charge in [0.2, 0.25) is 5.28 Å². The predicted octanol–water partition coefficient (Wildman–Crippen LogP) is 5.10. The largest absolute Gasteiger partial charge is 0.369 e. The van der Waals surface area contributed by atoms with Crippen molar-refractivity contribution in [3.8, 4) is 0 Å². The first kappa shape index (κ1) is 15.4. The molecule has 0 spiro atoms. The van der Waals surface area contributed by atoms with Crippen LogP contribution in [-0.4, -0.2) is 21.5 Å². The second-order valence-corrected chi connectivity index (χ2v) is 7.38. The van der Waals surface area contributed by atoms with Crippen LogP contribution < -0.4 is 5.32 Å². The fourth-order valence-corrected chi connectivity index (χ4v) is 4.25. The molecule has 0 saturated heterocycles. The van der Waals surface area contributed by atoms with Crippen molar-refractivity contribution in [1.82, 2.24) is 15.0 Å². The van der Waals surface area contributed by atoms with Crippen LogP contribution in [0.15, 0.2) is 30.5 Å². The third-order valence-electron chi connectivity index (χ3n) is 4.36. The van der Waals surface area contributed by atoms with Crippen molar-refractivity contribution in [2.24, 2.45) is 0 Å². The number of aryl methyl sites for hydroxylation is 2. The number of nitrogens with one attached hydrogen (secondary N) is 2. The lowest BCUT2D eigenvalue weighted by atomic mass is 10.1. The van der Waals surface area contributed by atoms with Gasteiger partial charge in [0.05, 0.1) is 5.39 Å². The normalized spacial score (nSPS) is 11.5. The van der Waals surface area contributed by atoms with Crippen molar-refractivity contribution < 1.29 is 0 Å². The third kappa shape index (κ3) is 2.64. The topological polar surface area (TPSA) is 53.6 Å². The summed E-state index contributed by atoms with van der Waals surface area (Å²) < 4.78 is 0. The average Bonchev–Trinajstić information content (AvgIpc) is 3.09. The van der Waals surface area contributed by atoms with Crippen molar-refractivity contribution in [3.05, 3.63) is 51.7 Å². The Labute approximate surface area is 148 Å². The number of aromatic nitrogens is 3. The van der Waals surface area contributed by atoms with Crippen molar-refractivity contribution in [2.45, 2.75) is 20.3 Å². The average molecular weight is 357 g/mol. The minimum Gasteiger partial charge on any atom is -0.369 e. The number of para-hydroxylation sites is 1. The van der Waals surface area contributed by atoms with Gasteiger partial charge in [-0.15, -0.1) is 11.3 Å². The van der Waals surface area contributed by atoms with E-state index in [1.165, 1.54) is 26.9 Å². The van der Waals surface area contributed by atoms with E-state index < -0.39 is 0 Å². The molecular weight excluding hydrogens is 340 g/mol. The van der Waals surface area contributed by atoms with Crippen LogP contribution in [0.4, 0.5) is 5.82 Å². The maximum Gasteiger partial charge on any atom is 0.225 e. The maximum absolute atomic E-state index is 6.08. The van der Waals surface area contributed by atoms with Gasteiger partial charge in [0.25, 0.3) is 0 Å². The monoisotopic (exact) mass is 356 g/mol. The molecule has 4 aromatic rings. The van der Waals surface area contributed by atoms with Crippen LogP contribution in [0.5, 0.6) is 0 Å². The van der Waals surface area contributed by atoms with Crippen LogP contribution in [0.2, 0.25) is 5.28 Å². The van der Waals surface area contributed by atoms with Crippen LogP contribution in [0.3, 0.4) is 0 Å². The number of rotatable bonds is 4. The SMILES string of the molecule is Cc1sc2nc(Cl)nc(NCCc3c[nH]c4ccccc34)c2c1C. The number of benzene rings is 1. The van der Waals surface area contributed by atoms with Crippen molar-refractivity contribution >= 4 is 49.9 Å². The van der Waals surface area contributed by atoms with Gasteiger partial charge in [0.1, 0.15) is 10.6 Å². The molecule has 0 fully saturated rings. The quantitative estimate of drug-likeness (QED) is 0.500. The van der Waals surface area contributed by atoms with Gasteiger partial charge in [-0.1, -0.05) is 18.2 Å². The van der Waals surface area contributed by atoms with E-state index in [-0.39, 0.29) is 0 Å². The highest BCUT2D eigenvalue weighted by Gasteiger charge is 2.14. The van der Waals surface area contributed by atoms with Crippen LogP contribution in [0.25, 0.3) is 21.1 Å². The Bertz CT molecular complexity index is 1030. The Morgan fingerprint density at radius 3 is 2.92 bits per heavy atom. The summed E-state index contributed by atoms with van der Waals surface area (Å²) in [6, 6.07) is 8.35. The lowest BCUT2D eigenvalue weighted by molar-refractivity contribution is 1.01. The first-order valence-electron chi connectivity index (χ1n) is 7.85. The van der Waals surface area contributed by atoms with Gasteiger partial charge in [-0.25, -0.2) is 9.97 Å². The highest BCUT2D eigenvalue weighted by atomic mass is 35.5. The zero-order valence-corrected chi connectivity index (χ0v) is 15.1. The van der Waals surface area contributed by atoms with Crippen LogP contribution in [0.1, 0.15) is 16.0 Å². The van der Waals surface area contributed by atoms with Gasteiger partial charge >= 0.3 is 0 Å². The summed E-state index contributed by atoms with van der Waals surface area (Å²) in [5.41, 5.74) is 3.69. The molecule has 2 N–H and O–H groups in total. The second kappa shape index (κ2) is 6.07. The smallest absolute Gasteiger partial charge is 0.225 e. The Balaban J connectivity index is 1.59. The van der Waals surface area contributed by atoms with Crippen molar-refractivity contribution in [2.75, 3.05) is 11.9 Å². The fraction of sp³-hybridized carbons (Fsp3) is 0.222. The molecule has 1 aromatic carbocycles. The lowest BCUT2D eigenvalue weighted by Crippen LogP contribution is -2.07. The Kier molecular flexibility index (Phi) is 3.90. The lowest BCUT2D eigenvalue weighted by Gasteiger charge is -2.08. The van der Waals surface area contributed by atoms with Crippen LogP contribution >= 0.6 is 22.9 Å². The number of hydrogen-bond acceptors (Lipinski definition) is 4. The zero-order chi connectivity index (χ0) is 16.7. The van der Waals surface area contributed by atoms with E-state index >= 15 is 0 Å². The predicted molar refractivity (Wildman–Crippen MR) is 102 cm³/mol. The first-order valence-corrected chi connectivity index (χ1v) is 9.05. The molecule has 0 atom stereocenters. The summed E-state index contributed by atoms with van der Waals surface area (Å²) in [5.74, 6) is 0.826. The summed E-state index contributed by atoms with van der Waals surface area (Å²) >= 11 is 7.74. The molecule has 0 bridgehead atoms. The molecule has 0 aliphatic heterocycles. The minimum absolute atomic E-state index is 0.290. The van der Waals surface area contributed by atoms with E-state index in [0.717, 1.165) is 29.0 Å². The number of fused-ring (bicyclic) bond motifs is 2. The summed E-state index contributed by atoms with van der Waals surface area (Å²) in [5, 5.41) is 6.09. The fourth-order valence-electron chi connectivity index (χ4n) is 3.01. The minimum atomic E-state index is 0.290. The standard InChI is InChI=1S/C18H17ClN4S/c1-10-11(2)24-17-15(10)16(22-18(19)23-17)20-8-7-12-9-21-14-6-4-3-5-13(12)14/h3-6,9,21H,7-8H2,1-2H3,(H,20,22,23). The molecule has 24 heavy (non-hydrogen) atoms. The highest BCUT2D eigenvalue weighted by molar-refractivity contribution is 7.18. The number of aromatic amines is 1. The number of thiophene rings is 1. The van der Waals surface area contributed by atoms with Gasteiger partial charge in [0, 0.05) is 28.5 Å². The molecule has 6 heteroatoms. The number of hydrogen-bond donors (Lipinski definition) is 2. The van der Waals surface area contributed by atoms with Gasteiger partial charge in [-0.3, -0.25) is 0 Å². The zero-order valence-electron chi connectivity index (χ0n) is 13.5. The van der Waals surface area contributed by atoms with Crippen LogP contribution in [0, 0.1) is 13.8 Å². The molecular formula is C18H17ClN4S. The van der Waals surface area contributed by atoms with E-state index in [9.17, 15) is 0 Å². The first-order chi connectivity index (χ1) is 11.6. The Hall–Kier alpha value is -2.11. The molecule has 3 heterocycles. The third-order valence-corrected chi connectivity index (χ3v) is 5.63. The molecule has 0 unspecified atom stereocenters. The molecule has 0 aliphatic carbocycles. The molecule has 0 aliphatic rings. The van der Waals surface area contributed by atoms with Gasteiger partial charge < -0.3 is 10.3 Å². The van der Waals surface area contributed by atoms with Gasteiger partial charge in [-0.2, -0.15) is 0 Å². The molecule has 0 amide bonds. The van der Waals surface area contributed by atoms with E-state index in [4.69, 9.17) is 11.6 Å². The Morgan fingerprint density at radius 2 is 2.04 bits per heavy atom. The summed E-state index contributed by atoms with van der Waals surface area (Å²) in [4.78, 5) is 14.3. The van der Waals surface area contributed by atoms with Crippen LogP contribution in [-0.2, 0) is 6.42 Å². The van der Waals surface area contributed by atoms with E-state index in [1.807, 2.05) is 6.07 Å². The molecule has 0 saturated carbocycles. The number of H-pyrrole nitrogens is 1. The maximum atomic E-state index is 6.08. The highest BCUT2D eigenvalue weighted by Crippen LogP contribution is 2.34. The van der Waals surface area contributed by atoms with E-state index in [2.05, 4.69) is 58.5 Å². The summed E-state index contributed by atoms with van der Waals surface area (Å²) in [6.45, 7) is 5.00. The van der Waals surface area contributed by atoms with E-state index in [0.29, 0.717) is 5.28 Å². The number of halogens is 1. The van der Waals surface area contributed by atoms with Gasteiger partial charge in [-0.05, 0) is 49.1 Å². The Morgan fingerprint density at radius 1 is 1.21 bits per heavy atom. The molecule has 122 valence electrons. The molecule has 3 aromatic heterocycles. The van der Waals surface area contributed by atoms with E-state index in [1.54, 1.807) is 11.3 Å². The van der Waals surface area contributed by atoms with Crippen molar-refractivity contribution in [1.29, 1.82) is 0 Å².